The van der Waals surface area contributed by atoms with Gasteiger partial charge in [0.1, 0.15) is 5.82 Å². The van der Waals surface area contributed by atoms with Gasteiger partial charge in [-0.3, -0.25) is 9.69 Å². The minimum absolute atomic E-state index is 0.0724. The highest BCUT2D eigenvalue weighted by atomic mass is 19.1. The molecule has 5 nitrogen and oxygen atoms in total. The van der Waals surface area contributed by atoms with Crippen LogP contribution >= 0.6 is 0 Å². The molecule has 0 aromatic heterocycles. The summed E-state index contributed by atoms with van der Waals surface area (Å²) in [5, 5.41) is 2.98. The van der Waals surface area contributed by atoms with Crippen molar-refractivity contribution >= 4 is 23.3 Å². The predicted octanol–water partition coefficient (Wildman–Crippen LogP) is 3.09. The van der Waals surface area contributed by atoms with Gasteiger partial charge in [0.2, 0.25) is 5.91 Å². The van der Waals surface area contributed by atoms with Gasteiger partial charge in [0.05, 0.1) is 6.04 Å². The molecule has 1 N–H and O–H groups in total. The van der Waals surface area contributed by atoms with E-state index in [1.165, 1.54) is 12.1 Å². The molecular formula is C20H20FN3O2. The van der Waals surface area contributed by atoms with Crippen LogP contribution in [0.3, 0.4) is 0 Å². The quantitative estimate of drug-likeness (QED) is 0.902. The molecule has 0 aliphatic carbocycles. The van der Waals surface area contributed by atoms with Crippen molar-refractivity contribution in [3.63, 3.8) is 0 Å². The molecule has 2 heterocycles. The van der Waals surface area contributed by atoms with Gasteiger partial charge in [0, 0.05) is 30.4 Å². The third kappa shape index (κ3) is 2.92. The molecule has 3 amide bonds. The second kappa shape index (κ2) is 6.44. The molecule has 0 spiro atoms. The van der Waals surface area contributed by atoms with Gasteiger partial charge in [-0.2, -0.15) is 0 Å². The van der Waals surface area contributed by atoms with Crippen LogP contribution in [0.2, 0.25) is 0 Å². The predicted molar refractivity (Wildman–Crippen MR) is 97.8 cm³/mol. The largest absolute Gasteiger partial charge is 0.333 e. The molecule has 26 heavy (non-hydrogen) atoms. The first-order valence-electron chi connectivity index (χ1n) is 8.76. The van der Waals surface area contributed by atoms with Crippen LogP contribution in [0, 0.1) is 5.82 Å². The first kappa shape index (κ1) is 16.6. The number of carbonyl (C=O) groups is 2. The normalized spacial score (nSPS) is 21.8. The van der Waals surface area contributed by atoms with Crippen molar-refractivity contribution in [3.8, 4) is 0 Å². The van der Waals surface area contributed by atoms with Crippen LogP contribution in [0.4, 0.5) is 20.6 Å². The van der Waals surface area contributed by atoms with E-state index < -0.39 is 0 Å². The van der Waals surface area contributed by atoms with Crippen molar-refractivity contribution in [2.75, 3.05) is 16.3 Å². The summed E-state index contributed by atoms with van der Waals surface area (Å²) >= 11 is 0. The number of nitrogens with zero attached hydrogens (tertiary/aromatic N) is 2. The number of nitrogens with one attached hydrogen (secondary N) is 1. The highest BCUT2D eigenvalue weighted by molar-refractivity contribution is 5.99. The Hall–Kier alpha value is -2.89. The molecule has 2 aromatic rings. The molecule has 2 atom stereocenters. The molecule has 134 valence electrons. The van der Waals surface area contributed by atoms with Crippen LogP contribution in [0.25, 0.3) is 0 Å². The van der Waals surface area contributed by atoms with E-state index >= 15 is 0 Å². The van der Waals surface area contributed by atoms with Gasteiger partial charge >= 0.3 is 6.03 Å². The second-order valence-electron chi connectivity index (χ2n) is 6.88. The Morgan fingerprint density at radius 3 is 2.62 bits per heavy atom. The maximum atomic E-state index is 13.1. The average Bonchev–Trinajstić information content (AvgIpc) is 3.14. The number of para-hydroxylation sites is 1. The van der Waals surface area contributed by atoms with Gasteiger partial charge in [-0.05, 0) is 49.2 Å². The lowest BCUT2D eigenvalue weighted by Crippen LogP contribution is -2.48. The Balaban J connectivity index is 1.46. The monoisotopic (exact) mass is 353 g/mol. The van der Waals surface area contributed by atoms with Gasteiger partial charge in [-0.25, -0.2) is 9.18 Å². The summed E-state index contributed by atoms with van der Waals surface area (Å²) in [4.78, 5) is 28.5. The number of anilines is 2. The number of carbonyl (C=O) groups excluding carboxylic acids is 2. The lowest BCUT2D eigenvalue weighted by Gasteiger charge is -2.25. The number of rotatable bonds is 2. The molecule has 1 fully saturated rings. The Morgan fingerprint density at radius 1 is 1.12 bits per heavy atom. The van der Waals surface area contributed by atoms with Crippen LogP contribution < -0.4 is 15.1 Å². The van der Waals surface area contributed by atoms with Gasteiger partial charge < -0.3 is 10.2 Å². The molecule has 0 bridgehead atoms. The van der Waals surface area contributed by atoms with Gasteiger partial charge in [-0.15, -0.1) is 0 Å². The summed E-state index contributed by atoms with van der Waals surface area (Å²) in [5.41, 5.74) is 2.73. The van der Waals surface area contributed by atoms with E-state index in [-0.39, 0.29) is 36.3 Å². The van der Waals surface area contributed by atoms with Gasteiger partial charge in [0.15, 0.2) is 0 Å². The number of hydrogen-bond acceptors (Lipinski definition) is 2. The Bertz CT molecular complexity index is 852. The van der Waals surface area contributed by atoms with E-state index in [0.29, 0.717) is 12.2 Å². The van der Waals surface area contributed by atoms with Gasteiger partial charge in [0.25, 0.3) is 0 Å². The molecule has 1 saturated heterocycles. The van der Waals surface area contributed by atoms with E-state index in [4.69, 9.17) is 0 Å². The van der Waals surface area contributed by atoms with Gasteiger partial charge in [-0.1, -0.05) is 18.2 Å². The fourth-order valence-corrected chi connectivity index (χ4v) is 3.79. The zero-order valence-corrected chi connectivity index (χ0v) is 14.5. The number of benzene rings is 2. The highest BCUT2D eigenvalue weighted by Gasteiger charge is 2.35. The Morgan fingerprint density at radius 2 is 1.85 bits per heavy atom. The van der Waals surface area contributed by atoms with Crippen molar-refractivity contribution in [2.45, 2.75) is 31.8 Å². The lowest BCUT2D eigenvalue weighted by atomic mass is 10.1. The summed E-state index contributed by atoms with van der Waals surface area (Å²) in [7, 11) is 0. The van der Waals surface area contributed by atoms with E-state index in [2.05, 4.69) is 5.32 Å². The van der Waals surface area contributed by atoms with E-state index in [9.17, 15) is 14.0 Å². The van der Waals surface area contributed by atoms with Crippen LogP contribution in [-0.2, 0) is 11.2 Å². The summed E-state index contributed by atoms with van der Waals surface area (Å²) in [6.07, 6.45) is 1.07. The SMILES string of the molecule is C[C@H]1Cc2ccccc2N1C(=O)N[C@H]1CC(=O)N(c2ccc(F)cc2)C1. The van der Waals surface area contributed by atoms with Crippen LogP contribution in [0.5, 0.6) is 0 Å². The maximum absolute atomic E-state index is 13.1. The maximum Gasteiger partial charge on any atom is 0.322 e. The minimum atomic E-state index is -0.341. The highest BCUT2D eigenvalue weighted by Crippen LogP contribution is 2.32. The van der Waals surface area contributed by atoms with Crippen molar-refractivity contribution < 1.29 is 14.0 Å². The lowest BCUT2D eigenvalue weighted by molar-refractivity contribution is -0.117. The third-order valence-corrected chi connectivity index (χ3v) is 5.02. The molecule has 2 aromatic carbocycles. The van der Waals surface area contributed by atoms with Crippen LogP contribution in [0.1, 0.15) is 18.9 Å². The summed E-state index contributed by atoms with van der Waals surface area (Å²) < 4.78 is 13.1. The van der Waals surface area contributed by atoms with E-state index in [1.54, 1.807) is 21.9 Å². The van der Waals surface area contributed by atoms with Crippen LogP contribution in [-0.4, -0.2) is 30.6 Å². The molecule has 4 rings (SSSR count). The topological polar surface area (TPSA) is 52.7 Å². The van der Waals surface area contributed by atoms with Crippen molar-refractivity contribution in [3.05, 3.63) is 59.9 Å². The third-order valence-electron chi connectivity index (χ3n) is 5.02. The molecule has 2 aliphatic heterocycles. The summed E-state index contributed by atoms with van der Waals surface area (Å²) in [5.74, 6) is -0.413. The van der Waals surface area contributed by atoms with Crippen molar-refractivity contribution in [1.82, 2.24) is 5.32 Å². The second-order valence-corrected chi connectivity index (χ2v) is 6.88. The minimum Gasteiger partial charge on any atom is -0.333 e. The molecular weight excluding hydrogens is 333 g/mol. The number of fused-ring (bicyclic) bond motifs is 1. The molecule has 0 unspecified atom stereocenters. The molecule has 0 radical (unpaired) electrons. The number of hydrogen-bond donors (Lipinski definition) is 1. The number of urea groups is 1. The zero-order valence-electron chi connectivity index (χ0n) is 14.5. The standard InChI is InChI=1S/C20H20FN3O2/c1-13-10-14-4-2-3-5-18(14)24(13)20(26)22-16-11-19(25)23(12-16)17-8-6-15(21)7-9-17/h2-9,13,16H,10-12H2,1H3,(H,22,26)/t13-,16-/m0/s1. The first-order valence-corrected chi connectivity index (χ1v) is 8.76. The Kier molecular flexibility index (Phi) is 4.11. The van der Waals surface area contributed by atoms with Crippen molar-refractivity contribution in [1.29, 1.82) is 0 Å². The molecule has 2 aliphatic rings. The van der Waals surface area contributed by atoms with Crippen molar-refractivity contribution in [2.24, 2.45) is 0 Å². The number of amides is 3. The molecule has 6 heteroatoms. The summed E-state index contributed by atoms with van der Waals surface area (Å²) in [6, 6.07) is 13.3. The average molecular weight is 353 g/mol. The van der Waals surface area contributed by atoms with E-state index in [1.807, 2.05) is 31.2 Å². The number of halogens is 1. The van der Waals surface area contributed by atoms with E-state index in [0.717, 1.165) is 17.7 Å². The fraction of sp³-hybridized carbons (Fsp3) is 0.300. The summed E-state index contributed by atoms with van der Waals surface area (Å²) in [6.45, 7) is 2.41. The zero-order chi connectivity index (χ0) is 18.3. The molecule has 0 saturated carbocycles. The Labute approximate surface area is 151 Å². The fourth-order valence-electron chi connectivity index (χ4n) is 3.79. The van der Waals surface area contributed by atoms with Crippen LogP contribution in [0.15, 0.2) is 48.5 Å². The first-order chi connectivity index (χ1) is 12.5. The smallest absolute Gasteiger partial charge is 0.322 e.